The first-order valence-electron chi connectivity index (χ1n) is 7.76. The van der Waals surface area contributed by atoms with E-state index in [0.29, 0.717) is 28.5 Å². The Balaban J connectivity index is 2.40. The second-order valence-electron chi connectivity index (χ2n) is 5.49. The van der Waals surface area contributed by atoms with Crippen molar-refractivity contribution in [3.8, 4) is 0 Å². The van der Waals surface area contributed by atoms with Crippen molar-refractivity contribution < 1.29 is 19.1 Å². The molecule has 0 radical (unpaired) electrons. The maximum Gasteiger partial charge on any atom is 0.341 e. The van der Waals surface area contributed by atoms with Gasteiger partial charge in [0.05, 0.1) is 17.6 Å². The van der Waals surface area contributed by atoms with E-state index < -0.39 is 5.97 Å². The first kappa shape index (κ1) is 17.5. The van der Waals surface area contributed by atoms with Crippen molar-refractivity contribution in [1.82, 2.24) is 4.90 Å². The van der Waals surface area contributed by atoms with Crippen LogP contribution in [0.25, 0.3) is 0 Å². The third-order valence-corrected chi connectivity index (χ3v) is 5.16. The fourth-order valence-electron chi connectivity index (χ4n) is 2.37. The summed E-state index contributed by atoms with van der Waals surface area (Å²) in [5.41, 5.74) is 0.840. The van der Waals surface area contributed by atoms with Crippen LogP contribution in [0.15, 0.2) is 0 Å². The number of hydrogen-bond donors (Lipinski definition) is 1. The maximum absolute atomic E-state index is 12.6. The number of carbonyl (C=O) groups excluding carboxylic acids is 3. The molecule has 0 spiro atoms. The molecule has 0 atom stereocenters. The van der Waals surface area contributed by atoms with Crippen molar-refractivity contribution in [2.75, 3.05) is 25.5 Å². The maximum atomic E-state index is 12.6. The zero-order chi connectivity index (χ0) is 17.1. The normalized spacial score (nSPS) is 13.6. The summed E-state index contributed by atoms with van der Waals surface area (Å²) < 4.78 is 4.81. The molecule has 2 amide bonds. The van der Waals surface area contributed by atoms with E-state index in [0.717, 1.165) is 24.2 Å². The van der Waals surface area contributed by atoms with Gasteiger partial charge in [0, 0.05) is 19.0 Å². The molecular weight excluding hydrogens is 316 g/mol. The molecule has 126 valence electrons. The van der Waals surface area contributed by atoms with Crippen molar-refractivity contribution >= 4 is 34.1 Å². The number of ether oxygens (including phenoxy) is 1. The number of carbonyl (C=O) groups is 3. The van der Waals surface area contributed by atoms with Gasteiger partial charge in [0.1, 0.15) is 5.00 Å². The van der Waals surface area contributed by atoms with Crippen LogP contribution in [0, 0.1) is 12.8 Å². The molecule has 1 aromatic heterocycles. The van der Waals surface area contributed by atoms with Gasteiger partial charge in [-0.1, -0.05) is 0 Å². The summed E-state index contributed by atoms with van der Waals surface area (Å²) in [5, 5.41) is 3.19. The summed E-state index contributed by atoms with van der Waals surface area (Å²) >= 11 is 1.15. The summed E-state index contributed by atoms with van der Waals surface area (Å²) in [5.74, 6) is -0.749. The number of hydrogen-bond acceptors (Lipinski definition) is 5. The lowest BCUT2D eigenvalue weighted by Gasteiger charge is -2.17. The van der Waals surface area contributed by atoms with Crippen LogP contribution in [-0.2, 0) is 9.53 Å². The molecule has 0 aliphatic heterocycles. The van der Waals surface area contributed by atoms with Crippen LogP contribution in [0.4, 0.5) is 5.00 Å². The van der Waals surface area contributed by atoms with Crippen molar-refractivity contribution in [1.29, 1.82) is 0 Å². The van der Waals surface area contributed by atoms with Gasteiger partial charge >= 0.3 is 5.97 Å². The number of nitrogens with one attached hydrogen (secondary N) is 1. The average molecular weight is 338 g/mol. The van der Waals surface area contributed by atoms with Gasteiger partial charge in [0.2, 0.25) is 5.91 Å². The Morgan fingerprint density at radius 2 is 1.87 bits per heavy atom. The van der Waals surface area contributed by atoms with Crippen LogP contribution >= 0.6 is 11.3 Å². The SMILES string of the molecule is CCN(CC)C(=O)c1sc(NC(=O)C2CC2)c(C(=O)OC)c1C. The highest BCUT2D eigenvalue weighted by molar-refractivity contribution is 7.18. The monoisotopic (exact) mass is 338 g/mol. The molecule has 0 unspecified atom stereocenters. The second kappa shape index (κ2) is 7.12. The molecule has 6 nitrogen and oxygen atoms in total. The molecule has 1 aliphatic carbocycles. The van der Waals surface area contributed by atoms with Gasteiger partial charge in [0.15, 0.2) is 0 Å². The minimum atomic E-state index is -0.538. The Morgan fingerprint density at radius 3 is 2.35 bits per heavy atom. The number of amides is 2. The van der Waals surface area contributed by atoms with Gasteiger partial charge < -0.3 is 15.0 Å². The number of anilines is 1. The predicted octanol–water partition coefficient (Wildman–Crippen LogP) is 2.67. The molecule has 1 heterocycles. The molecule has 1 aromatic rings. The molecular formula is C16H22N2O4S. The summed E-state index contributed by atoms with van der Waals surface area (Å²) in [6.07, 6.45) is 1.74. The highest BCUT2D eigenvalue weighted by Crippen LogP contribution is 2.37. The smallest absolute Gasteiger partial charge is 0.341 e. The molecule has 1 saturated carbocycles. The average Bonchev–Trinajstić information content (AvgIpc) is 3.33. The number of rotatable bonds is 6. The topological polar surface area (TPSA) is 75.7 Å². The molecule has 2 rings (SSSR count). The molecule has 0 saturated heterocycles. The Bertz CT molecular complexity index is 630. The fourth-order valence-corrected chi connectivity index (χ4v) is 3.53. The van der Waals surface area contributed by atoms with Gasteiger partial charge in [-0.25, -0.2) is 4.79 Å². The van der Waals surface area contributed by atoms with Gasteiger partial charge in [-0.2, -0.15) is 0 Å². The highest BCUT2D eigenvalue weighted by Gasteiger charge is 2.33. The van der Waals surface area contributed by atoms with Gasteiger partial charge in [-0.05, 0) is 39.2 Å². The quantitative estimate of drug-likeness (QED) is 0.809. The second-order valence-corrected chi connectivity index (χ2v) is 6.51. The summed E-state index contributed by atoms with van der Waals surface area (Å²) in [6, 6.07) is 0. The highest BCUT2D eigenvalue weighted by atomic mass is 32.1. The van der Waals surface area contributed by atoms with E-state index in [4.69, 9.17) is 4.74 Å². The minimum absolute atomic E-state index is 0.0184. The zero-order valence-electron chi connectivity index (χ0n) is 13.9. The van der Waals surface area contributed by atoms with Crippen LogP contribution in [0.2, 0.25) is 0 Å². The van der Waals surface area contributed by atoms with Gasteiger partial charge in [-0.15, -0.1) is 11.3 Å². The Hall–Kier alpha value is -1.89. The summed E-state index contributed by atoms with van der Waals surface area (Å²) in [7, 11) is 1.29. The first-order chi connectivity index (χ1) is 10.9. The molecule has 7 heteroatoms. The number of thiophene rings is 1. The van der Waals surface area contributed by atoms with E-state index in [9.17, 15) is 14.4 Å². The van der Waals surface area contributed by atoms with E-state index in [-0.39, 0.29) is 23.3 Å². The third kappa shape index (κ3) is 3.55. The summed E-state index contributed by atoms with van der Waals surface area (Å²) in [4.78, 5) is 38.9. The number of methoxy groups -OCH3 is 1. The molecule has 1 aliphatic rings. The van der Waals surface area contributed by atoms with E-state index in [1.807, 2.05) is 13.8 Å². The van der Waals surface area contributed by atoms with Crippen LogP contribution in [0.5, 0.6) is 0 Å². The largest absolute Gasteiger partial charge is 0.465 e. The number of esters is 1. The lowest BCUT2D eigenvalue weighted by Crippen LogP contribution is -2.30. The Labute approximate surface area is 139 Å². The lowest BCUT2D eigenvalue weighted by molar-refractivity contribution is -0.117. The van der Waals surface area contributed by atoms with Crippen LogP contribution in [0.3, 0.4) is 0 Å². The van der Waals surface area contributed by atoms with Crippen LogP contribution in [0.1, 0.15) is 52.3 Å². The molecule has 0 aromatic carbocycles. The van der Waals surface area contributed by atoms with Crippen LogP contribution < -0.4 is 5.32 Å². The predicted molar refractivity (Wildman–Crippen MR) is 89.0 cm³/mol. The van der Waals surface area contributed by atoms with Crippen molar-refractivity contribution in [3.63, 3.8) is 0 Å². The molecule has 0 bridgehead atoms. The molecule has 1 fully saturated rings. The number of nitrogens with zero attached hydrogens (tertiary/aromatic N) is 1. The van der Waals surface area contributed by atoms with Crippen molar-refractivity contribution in [2.24, 2.45) is 5.92 Å². The fraction of sp³-hybridized carbons (Fsp3) is 0.562. The zero-order valence-corrected chi connectivity index (χ0v) is 14.7. The van der Waals surface area contributed by atoms with E-state index in [1.54, 1.807) is 11.8 Å². The van der Waals surface area contributed by atoms with E-state index in [1.165, 1.54) is 7.11 Å². The first-order valence-corrected chi connectivity index (χ1v) is 8.57. The van der Waals surface area contributed by atoms with Gasteiger partial charge in [-0.3, -0.25) is 9.59 Å². The van der Waals surface area contributed by atoms with Crippen LogP contribution in [-0.4, -0.2) is 42.9 Å². The van der Waals surface area contributed by atoms with Crippen molar-refractivity contribution in [3.05, 3.63) is 16.0 Å². The standard InChI is InChI=1S/C16H22N2O4S/c1-5-18(6-2)15(20)12-9(3)11(16(21)22-4)14(23-12)17-13(19)10-7-8-10/h10H,5-8H2,1-4H3,(H,17,19). The third-order valence-electron chi connectivity index (χ3n) is 3.97. The Kier molecular flexibility index (Phi) is 5.41. The van der Waals surface area contributed by atoms with Crippen molar-refractivity contribution in [2.45, 2.75) is 33.6 Å². The molecule has 1 N–H and O–H groups in total. The summed E-state index contributed by atoms with van der Waals surface area (Å²) in [6.45, 7) is 6.70. The lowest BCUT2D eigenvalue weighted by atomic mass is 10.1. The van der Waals surface area contributed by atoms with E-state index in [2.05, 4.69) is 5.32 Å². The molecule has 23 heavy (non-hydrogen) atoms. The van der Waals surface area contributed by atoms with Gasteiger partial charge in [0.25, 0.3) is 5.91 Å². The minimum Gasteiger partial charge on any atom is -0.465 e. The Morgan fingerprint density at radius 1 is 1.26 bits per heavy atom. The van der Waals surface area contributed by atoms with E-state index >= 15 is 0 Å².